The fourth-order valence-corrected chi connectivity index (χ4v) is 5.96. The van der Waals surface area contributed by atoms with E-state index in [1.807, 2.05) is 0 Å². The zero-order valence-corrected chi connectivity index (χ0v) is 13.5. The van der Waals surface area contributed by atoms with E-state index in [2.05, 4.69) is 27.8 Å². The van der Waals surface area contributed by atoms with Crippen molar-refractivity contribution >= 4 is 37.3 Å². The number of halogens is 1. The molecule has 0 spiro atoms. The molecule has 2 heterocycles. The SMILES string of the molecule is CCCN1CCN(S(=O)(=O)c2sccc2Br)CC1. The van der Waals surface area contributed by atoms with Crippen molar-refractivity contribution in [1.82, 2.24) is 9.21 Å². The van der Waals surface area contributed by atoms with E-state index in [1.165, 1.54) is 11.3 Å². The first-order chi connectivity index (χ1) is 8.55. The first kappa shape index (κ1) is 14.5. The summed E-state index contributed by atoms with van der Waals surface area (Å²) in [5, 5.41) is 1.80. The lowest BCUT2D eigenvalue weighted by Gasteiger charge is -2.33. The van der Waals surface area contributed by atoms with Crippen LogP contribution in [0.4, 0.5) is 0 Å². The van der Waals surface area contributed by atoms with Crippen molar-refractivity contribution in [2.75, 3.05) is 32.7 Å². The minimum atomic E-state index is -3.31. The van der Waals surface area contributed by atoms with Crippen LogP contribution < -0.4 is 0 Å². The zero-order chi connectivity index (χ0) is 13.2. The molecule has 1 aromatic rings. The fraction of sp³-hybridized carbons (Fsp3) is 0.636. The van der Waals surface area contributed by atoms with E-state index in [4.69, 9.17) is 0 Å². The fourth-order valence-electron chi connectivity index (χ4n) is 2.09. The smallest absolute Gasteiger partial charge is 0.253 e. The summed E-state index contributed by atoms with van der Waals surface area (Å²) in [5.41, 5.74) is 0. The van der Waals surface area contributed by atoms with Gasteiger partial charge in [0.05, 0.1) is 0 Å². The molecule has 0 bridgehead atoms. The van der Waals surface area contributed by atoms with Crippen LogP contribution in [0.3, 0.4) is 0 Å². The van der Waals surface area contributed by atoms with Gasteiger partial charge in [0.1, 0.15) is 4.21 Å². The minimum absolute atomic E-state index is 0.423. The van der Waals surface area contributed by atoms with Crippen molar-refractivity contribution in [3.63, 3.8) is 0 Å². The number of hydrogen-bond acceptors (Lipinski definition) is 4. The van der Waals surface area contributed by atoms with Gasteiger partial charge in [0.25, 0.3) is 10.0 Å². The average Bonchev–Trinajstić information content (AvgIpc) is 2.77. The summed E-state index contributed by atoms with van der Waals surface area (Å²) >= 11 is 4.57. The standard InChI is InChI=1S/C11H17BrN2O2S2/c1-2-4-13-5-7-14(8-6-13)18(15,16)11-10(12)3-9-17-11/h3,9H,2,4-8H2,1H3. The summed E-state index contributed by atoms with van der Waals surface area (Å²) in [4.78, 5) is 2.31. The average molecular weight is 353 g/mol. The molecule has 102 valence electrons. The van der Waals surface area contributed by atoms with Crippen LogP contribution in [-0.4, -0.2) is 50.3 Å². The van der Waals surface area contributed by atoms with Crippen LogP contribution in [0.25, 0.3) is 0 Å². The lowest BCUT2D eigenvalue weighted by molar-refractivity contribution is 0.189. The van der Waals surface area contributed by atoms with E-state index in [9.17, 15) is 8.42 Å². The van der Waals surface area contributed by atoms with Crippen LogP contribution in [0.2, 0.25) is 0 Å². The van der Waals surface area contributed by atoms with Crippen LogP contribution in [0, 0.1) is 0 Å². The summed E-state index contributed by atoms with van der Waals surface area (Å²) < 4.78 is 27.5. The molecule has 18 heavy (non-hydrogen) atoms. The molecule has 2 rings (SSSR count). The molecule has 0 radical (unpaired) electrons. The van der Waals surface area contributed by atoms with Gasteiger partial charge in [-0.3, -0.25) is 0 Å². The van der Waals surface area contributed by atoms with Crippen molar-refractivity contribution < 1.29 is 8.42 Å². The van der Waals surface area contributed by atoms with Gasteiger partial charge in [-0.1, -0.05) is 6.92 Å². The molecule has 0 aromatic carbocycles. The topological polar surface area (TPSA) is 40.6 Å². The summed E-state index contributed by atoms with van der Waals surface area (Å²) in [6, 6.07) is 1.78. The van der Waals surface area contributed by atoms with E-state index >= 15 is 0 Å². The Morgan fingerprint density at radius 1 is 1.33 bits per heavy atom. The Bertz CT molecular complexity index is 493. The van der Waals surface area contributed by atoms with E-state index in [0.717, 1.165) is 26.1 Å². The van der Waals surface area contributed by atoms with Crippen molar-refractivity contribution in [3.8, 4) is 0 Å². The Morgan fingerprint density at radius 2 is 2.00 bits per heavy atom. The second kappa shape index (κ2) is 6.00. The zero-order valence-electron chi connectivity index (χ0n) is 10.3. The van der Waals surface area contributed by atoms with Crippen LogP contribution in [0.1, 0.15) is 13.3 Å². The molecule has 1 aliphatic rings. The normalized spacial score (nSPS) is 19.2. The third-order valence-corrected chi connectivity index (χ3v) is 7.58. The predicted molar refractivity (Wildman–Crippen MR) is 77.5 cm³/mol. The van der Waals surface area contributed by atoms with Crippen LogP contribution in [-0.2, 0) is 10.0 Å². The number of rotatable bonds is 4. The molecule has 1 aromatic heterocycles. The quantitative estimate of drug-likeness (QED) is 0.834. The highest BCUT2D eigenvalue weighted by Gasteiger charge is 2.30. The van der Waals surface area contributed by atoms with Gasteiger partial charge in [-0.05, 0) is 40.3 Å². The number of piperazine rings is 1. The van der Waals surface area contributed by atoms with E-state index in [-0.39, 0.29) is 0 Å². The largest absolute Gasteiger partial charge is 0.301 e. The maximum absolute atomic E-state index is 12.4. The van der Waals surface area contributed by atoms with Crippen molar-refractivity contribution in [2.24, 2.45) is 0 Å². The highest BCUT2D eigenvalue weighted by atomic mass is 79.9. The molecule has 0 atom stereocenters. The molecule has 1 fully saturated rings. The molecule has 7 heteroatoms. The van der Waals surface area contributed by atoms with Gasteiger partial charge in [0.15, 0.2) is 0 Å². The second-order valence-corrected chi connectivity index (χ2v) is 8.21. The lowest BCUT2D eigenvalue weighted by atomic mass is 10.3. The number of sulfonamides is 1. The molecule has 1 aliphatic heterocycles. The monoisotopic (exact) mass is 352 g/mol. The molecule has 0 aliphatic carbocycles. The summed E-state index contributed by atoms with van der Waals surface area (Å²) in [7, 11) is -3.31. The first-order valence-corrected chi connectivity index (χ1v) is 9.12. The van der Waals surface area contributed by atoms with E-state index < -0.39 is 10.0 Å². The minimum Gasteiger partial charge on any atom is -0.301 e. The molecular formula is C11H17BrN2O2S2. The second-order valence-electron chi connectivity index (χ2n) is 4.30. The summed E-state index contributed by atoms with van der Waals surface area (Å²) in [6.45, 7) is 6.04. The van der Waals surface area contributed by atoms with Gasteiger partial charge in [-0.2, -0.15) is 4.31 Å². The maximum Gasteiger partial charge on any atom is 0.253 e. The highest BCUT2D eigenvalue weighted by molar-refractivity contribution is 9.10. The van der Waals surface area contributed by atoms with Gasteiger partial charge < -0.3 is 4.90 Å². The third kappa shape index (κ3) is 2.96. The molecule has 0 unspecified atom stereocenters. The van der Waals surface area contributed by atoms with Crippen LogP contribution in [0.15, 0.2) is 20.1 Å². The van der Waals surface area contributed by atoms with Crippen molar-refractivity contribution in [3.05, 3.63) is 15.9 Å². The van der Waals surface area contributed by atoms with Gasteiger partial charge in [0.2, 0.25) is 0 Å². The van der Waals surface area contributed by atoms with Crippen molar-refractivity contribution in [1.29, 1.82) is 0 Å². The molecule has 1 saturated heterocycles. The van der Waals surface area contributed by atoms with Crippen molar-refractivity contribution in [2.45, 2.75) is 17.6 Å². The van der Waals surface area contributed by atoms with Gasteiger partial charge in [-0.25, -0.2) is 8.42 Å². The van der Waals surface area contributed by atoms with Gasteiger partial charge >= 0.3 is 0 Å². The summed E-state index contributed by atoms with van der Waals surface area (Å²) in [6.07, 6.45) is 1.11. The Balaban J connectivity index is 2.08. The molecule has 0 saturated carbocycles. The Labute approximate surface area is 121 Å². The number of nitrogens with zero attached hydrogens (tertiary/aromatic N) is 2. The Morgan fingerprint density at radius 3 is 2.50 bits per heavy atom. The molecular weight excluding hydrogens is 336 g/mol. The maximum atomic E-state index is 12.4. The van der Waals surface area contributed by atoms with Crippen LogP contribution in [0.5, 0.6) is 0 Å². The molecule has 0 N–H and O–H groups in total. The van der Waals surface area contributed by atoms with Gasteiger partial charge in [-0.15, -0.1) is 11.3 Å². The third-order valence-electron chi connectivity index (χ3n) is 3.03. The molecule has 0 amide bonds. The lowest BCUT2D eigenvalue weighted by Crippen LogP contribution is -2.48. The van der Waals surface area contributed by atoms with Gasteiger partial charge in [0, 0.05) is 30.7 Å². The predicted octanol–water partition coefficient (Wildman–Crippen LogP) is 2.23. The first-order valence-electron chi connectivity index (χ1n) is 6.01. The number of thiophene rings is 1. The van der Waals surface area contributed by atoms with Crippen LogP contribution >= 0.6 is 27.3 Å². The number of hydrogen-bond donors (Lipinski definition) is 0. The van der Waals surface area contributed by atoms with E-state index in [1.54, 1.807) is 15.8 Å². The molecule has 4 nitrogen and oxygen atoms in total. The van der Waals surface area contributed by atoms with E-state index in [0.29, 0.717) is 21.8 Å². The Kier molecular flexibility index (Phi) is 4.82. The Hall–Kier alpha value is 0.0500. The summed E-state index contributed by atoms with van der Waals surface area (Å²) in [5.74, 6) is 0. The highest BCUT2D eigenvalue weighted by Crippen LogP contribution is 2.30.